The molecule has 0 aliphatic heterocycles. The molecule has 1 unspecified atom stereocenters. The number of hydrogen-bond donors (Lipinski definition) is 3. The molecule has 1 atom stereocenters. The van der Waals surface area contributed by atoms with E-state index in [4.69, 9.17) is 28.3 Å². The topological polar surface area (TPSA) is 109 Å². The van der Waals surface area contributed by atoms with E-state index in [9.17, 15) is 19.5 Å². The van der Waals surface area contributed by atoms with Crippen molar-refractivity contribution in [2.24, 2.45) is 0 Å². The van der Waals surface area contributed by atoms with Crippen LogP contribution >= 0.6 is 23.2 Å². The van der Waals surface area contributed by atoms with Crippen LogP contribution in [0.2, 0.25) is 10.0 Å². The SMILES string of the molecule is Cc1c(CC(=O)NC(C)C(=O)O)c2cc(O)ccc2n1C(=O)c1ccc(Cl)c(Cl)c1. The van der Waals surface area contributed by atoms with Gasteiger partial charge < -0.3 is 15.5 Å². The first-order valence-electron chi connectivity index (χ1n) is 8.95. The number of halogens is 2. The van der Waals surface area contributed by atoms with Gasteiger partial charge in [-0.1, -0.05) is 23.2 Å². The van der Waals surface area contributed by atoms with Crippen LogP contribution in [-0.2, 0) is 16.0 Å². The number of carbonyl (C=O) groups excluding carboxylic acids is 2. The van der Waals surface area contributed by atoms with E-state index in [0.717, 1.165) is 0 Å². The van der Waals surface area contributed by atoms with Crippen LogP contribution in [0, 0.1) is 6.92 Å². The van der Waals surface area contributed by atoms with Gasteiger partial charge >= 0.3 is 5.97 Å². The van der Waals surface area contributed by atoms with E-state index < -0.39 is 17.9 Å². The number of benzene rings is 2. The Labute approximate surface area is 181 Å². The van der Waals surface area contributed by atoms with Crippen LogP contribution < -0.4 is 5.32 Å². The molecule has 2 aromatic carbocycles. The largest absolute Gasteiger partial charge is 0.508 e. The molecular formula is C21H18Cl2N2O5. The smallest absolute Gasteiger partial charge is 0.325 e. The van der Waals surface area contributed by atoms with E-state index in [1.807, 2.05) is 0 Å². The molecule has 9 heteroatoms. The predicted octanol–water partition coefficient (Wildman–Crippen LogP) is 3.78. The lowest BCUT2D eigenvalue weighted by molar-refractivity contribution is -0.141. The van der Waals surface area contributed by atoms with Gasteiger partial charge in [-0.2, -0.15) is 0 Å². The summed E-state index contributed by atoms with van der Waals surface area (Å²) in [4.78, 5) is 36.6. The first-order valence-corrected chi connectivity index (χ1v) is 9.70. The van der Waals surface area contributed by atoms with Crippen molar-refractivity contribution in [1.82, 2.24) is 9.88 Å². The molecular weight excluding hydrogens is 431 g/mol. The number of carboxylic acids is 1. The number of aromatic nitrogens is 1. The maximum Gasteiger partial charge on any atom is 0.325 e. The number of hydrogen-bond acceptors (Lipinski definition) is 4. The number of phenolic OH excluding ortho intramolecular Hbond substituents is 1. The summed E-state index contributed by atoms with van der Waals surface area (Å²) in [6.45, 7) is 3.03. The molecule has 0 aliphatic carbocycles. The van der Waals surface area contributed by atoms with E-state index in [1.54, 1.807) is 19.1 Å². The number of rotatable bonds is 5. The Morgan fingerprint density at radius 3 is 2.43 bits per heavy atom. The summed E-state index contributed by atoms with van der Waals surface area (Å²) in [5.74, 6) is -2.08. The quantitative estimate of drug-likeness (QED) is 0.550. The van der Waals surface area contributed by atoms with Crippen LogP contribution in [0.1, 0.15) is 28.5 Å². The first kappa shape index (κ1) is 21.7. The molecule has 0 bridgehead atoms. The zero-order valence-corrected chi connectivity index (χ0v) is 17.6. The van der Waals surface area contributed by atoms with E-state index >= 15 is 0 Å². The Morgan fingerprint density at radius 2 is 1.80 bits per heavy atom. The molecule has 3 aromatic rings. The molecule has 3 N–H and O–H groups in total. The molecule has 0 fully saturated rings. The fourth-order valence-corrected chi connectivity index (χ4v) is 3.53. The molecule has 0 saturated heterocycles. The molecule has 30 heavy (non-hydrogen) atoms. The number of nitrogens with zero attached hydrogens (tertiary/aromatic N) is 1. The normalized spacial score (nSPS) is 12.0. The number of amides is 1. The van der Waals surface area contributed by atoms with Gasteiger partial charge in [0, 0.05) is 16.6 Å². The number of aromatic hydroxyl groups is 1. The highest BCUT2D eigenvalue weighted by atomic mass is 35.5. The van der Waals surface area contributed by atoms with Gasteiger partial charge in [0.25, 0.3) is 5.91 Å². The Kier molecular flexibility index (Phi) is 6.05. The maximum absolute atomic E-state index is 13.2. The van der Waals surface area contributed by atoms with Crippen LogP contribution in [0.3, 0.4) is 0 Å². The van der Waals surface area contributed by atoms with Crippen LogP contribution in [0.15, 0.2) is 36.4 Å². The molecule has 156 valence electrons. The van der Waals surface area contributed by atoms with E-state index in [1.165, 1.54) is 35.8 Å². The highest BCUT2D eigenvalue weighted by molar-refractivity contribution is 6.42. The van der Waals surface area contributed by atoms with Crippen LogP contribution in [-0.4, -0.2) is 38.6 Å². The van der Waals surface area contributed by atoms with Gasteiger partial charge in [0.1, 0.15) is 11.8 Å². The van der Waals surface area contributed by atoms with Gasteiger partial charge in [0.2, 0.25) is 5.91 Å². The van der Waals surface area contributed by atoms with Crippen LogP contribution in [0.5, 0.6) is 5.75 Å². The maximum atomic E-state index is 13.2. The molecule has 1 amide bonds. The summed E-state index contributed by atoms with van der Waals surface area (Å²) >= 11 is 12.0. The van der Waals surface area contributed by atoms with Gasteiger partial charge in [0.15, 0.2) is 0 Å². The summed E-state index contributed by atoms with van der Waals surface area (Å²) in [5, 5.41) is 22.4. The van der Waals surface area contributed by atoms with Crippen molar-refractivity contribution in [1.29, 1.82) is 0 Å². The third-order valence-electron chi connectivity index (χ3n) is 4.77. The zero-order chi connectivity index (χ0) is 22.2. The lowest BCUT2D eigenvalue weighted by Gasteiger charge is -2.10. The molecule has 0 spiro atoms. The minimum Gasteiger partial charge on any atom is -0.508 e. The van der Waals surface area contributed by atoms with Crippen molar-refractivity contribution in [3.8, 4) is 5.75 Å². The number of nitrogens with one attached hydrogen (secondary N) is 1. The van der Waals surface area contributed by atoms with Crippen molar-refractivity contribution in [3.05, 3.63) is 63.3 Å². The van der Waals surface area contributed by atoms with E-state index in [2.05, 4.69) is 5.32 Å². The van der Waals surface area contributed by atoms with E-state index in [-0.39, 0.29) is 23.1 Å². The van der Waals surface area contributed by atoms with Crippen molar-refractivity contribution in [2.75, 3.05) is 0 Å². The molecule has 3 rings (SSSR count). The van der Waals surface area contributed by atoms with Gasteiger partial charge in [-0.15, -0.1) is 0 Å². The van der Waals surface area contributed by atoms with Crippen LogP contribution in [0.25, 0.3) is 10.9 Å². The Morgan fingerprint density at radius 1 is 1.10 bits per heavy atom. The van der Waals surface area contributed by atoms with Crippen molar-refractivity contribution >= 4 is 51.9 Å². The number of carbonyl (C=O) groups is 3. The number of fused-ring (bicyclic) bond motifs is 1. The van der Waals surface area contributed by atoms with Crippen molar-refractivity contribution < 1.29 is 24.6 Å². The number of phenols is 1. The lowest BCUT2D eigenvalue weighted by Crippen LogP contribution is -2.39. The van der Waals surface area contributed by atoms with Gasteiger partial charge in [-0.05, 0) is 55.8 Å². The number of aliphatic carboxylic acids is 1. The molecule has 1 heterocycles. The second-order valence-electron chi connectivity index (χ2n) is 6.84. The fourth-order valence-electron chi connectivity index (χ4n) is 3.23. The number of carboxylic acid groups (broad SMARTS) is 1. The zero-order valence-electron chi connectivity index (χ0n) is 16.1. The first-order chi connectivity index (χ1) is 14.1. The van der Waals surface area contributed by atoms with Gasteiger partial charge in [0.05, 0.1) is 22.0 Å². The molecule has 0 aliphatic rings. The van der Waals surface area contributed by atoms with E-state index in [0.29, 0.717) is 32.7 Å². The summed E-state index contributed by atoms with van der Waals surface area (Å²) in [6.07, 6.45) is -0.162. The highest BCUT2D eigenvalue weighted by Gasteiger charge is 2.23. The van der Waals surface area contributed by atoms with Gasteiger partial charge in [-0.25, -0.2) is 0 Å². The monoisotopic (exact) mass is 448 g/mol. The van der Waals surface area contributed by atoms with Crippen molar-refractivity contribution in [3.63, 3.8) is 0 Å². The minimum absolute atomic E-state index is 0.0257. The molecule has 0 saturated carbocycles. The summed E-state index contributed by atoms with van der Waals surface area (Å²) in [5.41, 5.74) is 1.79. The molecule has 1 aromatic heterocycles. The van der Waals surface area contributed by atoms with Gasteiger partial charge in [-0.3, -0.25) is 19.0 Å². The minimum atomic E-state index is -1.16. The van der Waals surface area contributed by atoms with Crippen molar-refractivity contribution in [2.45, 2.75) is 26.3 Å². The Hall–Kier alpha value is -3.03. The molecule has 7 nitrogen and oxygen atoms in total. The fraction of sp³-hybridized carbons (Fsp3) is 0.190. The predicted molar refractivity (Wildman–Crippen MR) is 113 cm³/mol. The Balaban J connectivity index is 2.09. The summed E-state index contributed by atoms with van der Waals surface area (Å²) < 4.78 is 1.43. The third kappa shape index (κ3) is 4.13. The lowest BCUT2D eigenvalue weighted by atomic mass is 10.1. The average molecular weight is 449 g/mol. The second-order valence-corrected chi connectivity index (χ2v) is 7.65. The highest BCUT2D eigenvalue weighted by Crippen LogP contribution is 2.31. The third-order valence-corrected chi connectivity index (χ3v) is 5.51. The average Bonchev–Trinajstić information content (AvgIpc) is 2.94. The molecule has 0 radical (unpaired) electrons. The Bertz CT molecular complexity index is 1190. The standard InChI is InChI=1S/C21H18Cl2N2O5/c1-10(21(29)30)24-19(27)9-14-11(2)25(18-6-4-13(26)8-15(14)18)20(28)12-3-5-16(22)17(23)7-12/h3-8,10,26H,9H2,1-2H3,(H,24,27)(H,29,30). The van der Waals surface area contributed by atoms with Crippen LogP contribution in [0.4, 0.5) is 0 Å². The summed E-state index contributed by atoms with van der Waals surface area (Å²) in [7, 11) is 0. The summed E-state index contributed by atoms with van der Waals surface area (Å²) in [6, 6.07) is 7.94. The second kappa shape index (κ2) is 8.38.